The standard InChI is InChI=1S/C14H16O3/c1-10-2-4-11(5-3-10)13(14(15)16)12-6-8-17-9-7-12/h2-6,13H,7-9H2,1H3,(H,15,16). The normalized spacial score (nSPS) is 17.4. The van der Waals surface area contributed by atoms with Gasteiger partial charge in [0.2, 0.25) is 0 Å². The summed E-state index contributed by atoms with van der Waals surface area (Å²) in [6.45, 7) is 3.12. The average molecular weight is 232 g/mol. The summed E-state index contributed by atoms with van der Waals surface area (Å²) in [5, 5.41) is 9.37. The van der Waals surface area contributed by atoms with Gasteiger partial charge >= 0.3 is 5.97 Å². The van der Waals surface area contributed by atoms with E-state index in [2.05, 4.69) is 0 Å². The van der Waals surface area contributed by atoms with Gasteiger partial charge in [-0.2, -0.15) is 0 Å². The molecule has 0 spiro atoms. The van der Waals surface area contributed by atoms with Crippen molar-refractivity contribution in [2.75, 3.05) is 13.2 Å². The molecule has 0 aliphatic carbocycles. The topological polar surface area (TPSA) is 46.5 Å². The molecule has 0 saturated carbocycles. The van der Waals surface area contributed by atoms with Crippen LogP contribution in [0.5, 0.6) is 0 Å². The van der Waals surface area contributed by atoms with E-state index in [-0.39, 0.29) is 0 Å². The summed E-state index contributed by atoms with van der Waals surface area (Å²) < 4.78 is 5.22. The first-order valence-electron chi connectivity index (χ1n) is 5.74. The number of benzene rings is 1. The molecule has 0 amide bonds. The molecule has 1 unspecified atom stereocenters. The number of aryl methyl sites for hydroxylation is 1. The van der Waals surface area contributed by atoms with E-state index in [4.69, 9.17) is 4.74 Å². The predicted molar refractivity (Wildman–Crippen MR) is 65.1 cm³/mol. The third kappa shape index (κ3) is 2.74. The average Bonchev–Trinajstić information content (AvgIpc) is 2.33. The van der Waals surface area contributed by atoms with Gasteiger partial charge in [-0.1, -0.05) is 41.5 Å². The number of carboxylic acid groups (broad SMARTS) is 1. The van der Waals surface area contributed by atoms with Crippen LogP contribution in [0, 0.1) is 6.92 Å². The minimum atomic E-state index is -0.790. The number of hydrogen-bond donors (Lipinski definition) is 1. The number of aliphatic carboxylic acids is 1. The second kappa shape index (κ2) is 5.15. The molecule has 3 heteroatoms. The van der Waals surface area contributed by atoms with E-state index in [9.17, 15) is 9.90 Å². The maximum atomic E-state index is 11.4. The highest BCUT2D eigenvalue weighted by molar-refractivity contribution is 5.80. The Morgan fingerprint density at radius 2 is 2.06 bits per heavy atom. The van der Waals surface area contributed by atoms with Crippen molar-refractivity contribution in [3.63, 3.8) is 0 Å². The summed E-state index contributed by atoms with van der Waals surface area (Å²) in [5.74, 6) is -1.32. The Kier molecular flexibility index (Phi) is 3.59. The van der Waals surface area contributed by atoms with Gasteiger partial charge in [0, 0.05) is 0 Å². The van der Waals surface area contributed by atoms with Crippen molar-refractivity contribution in [1.82, 2.24) is 0 Å². The molecule has 0 aromatic heterocycles. The van der Waals surface area contributed by atoms with Crippen LogP contribution in [-0.2, 0) is 9.53 Å². The fourth-order valence-electron chi connectivity index (χ4n) is 2.08. The van der Waals surface area contributed by atoms with Crippen molar-refractivity contribution in [2.45, 2.75) is 19.3 Å². The van der Waals surface area contributed by atoms with Crippen LogP contribution >= 0.6 is 0 Å². The van der Waals surface area contributed by atoms with E-state index in [1.165, 1.54) is 0 Å². The van der Waals surface area contributed by atoms with Crippen molar-refractivity contribution < 1.29 is 14.6 Å². The lowest BCUT2D eigenvalue weighted by Gasteiger charge is -2.20. The highest BCUT2D eigenvalue weighted by Crippen LogP contribution is 2.28. The molecule has 0 radical (unpaired) electrons. The fourth-order valence-corrected chi connectivity index (χ4v) is 2.08. The molecule has 17 heavy (non-hydrogen) atoms. The van der Waals surface area contributed by atoms with Gasteiger partial charge in [-0.3, -0.25) is 4.79 Å². The molecule has 2 rings (SSSR count). The molecule has 0 bridgehead atoms. The number of carboxylic acids is 1. The van der Waals surface area contributed by atoms with Gasteiger partial charge in [0.1, 0.15) is 5.92 Å². The van der Waals surface area contributed by atoms with E-state index >= 15 is 0 Å². The summed E-state index contributed by atoms with van der Waals surface area (Å²) in [6, 6.07) is 7.69. The van der Waals surface area contributed by atoms with Crippen LogP contribution in [0.15, 0.2) is 35.9 Å². The van der Waals surface area contributed by atoms with Crippen molar-refractivity contribution in [1.29, 1.82) is 0 Å². The maximum absolute atomic E-state index is 11.4. The van der Waals surface area contributed by atoms with E-state index in [0.717, 1.165) is 16.7 Å². The molecule has 1 aromatic carbocycles. The van der Waals surface area contributed by atoms with E-state index in [0.29, 0.717) is 19.6 Å². The first-order chi connectivity index (χ1) is 8.18. The van der Waals surface area contributed by atoms with Crippen LogP contribution in [0.25, 0.3) is 0 Å². The third-order valence-corrected chi connectivity index (χ3v) is 3.03. The summed E-state index contributed by atoms with van der Waals surface area (Å²) >= 11 is 0. The Morgan fingerprint density at radius 1 is 1.35 bits per heavy atom. The largest absolute Gasteiger partial charge is 0.481 e. The monoisotopic (exact) mass is 232 g/mol. The number of hydrogen-bond acceptors (Lipinski definition) is 2. The maximum Gasteiger partial charge on any atom is 0.315 e. The molecule has 90 valence electrons. The molecule has 1 N–H and O–H groups in total. The Balaban J connectivity index is 2.31. The third-order valence-electron chi connectivity index (χ3n) is 3.03. The van der Waals surface area contributed by atoms with Crippen LogP contribution in [0.4, 0.5) is 0 Å². The fraction of sp³-hybridized carbons (Fsp3) is 0.357. The summed E-state index contributed by atoms with van der Waals surface area (Å²) in [5.41, 5.74) is 2.93. The molecular formula is C14H16O3. The molecule has 1 aliphatic rings. The lowest BCUT2D eigenvalue weighted by molar-refractivity contribution is -0.137. The highest BCUT2D eigenvalue weighted by atomic mass is 16.5. The number of ether oxygens (including phenoxy) is 1. The van der Waals surface area contributed by atoms with Crippen LogP contribution in [-0.4, -0.2) is 24.3 Å². The minimum absolute atomic E-state index is 0.519. The molecule has 1 aliphatic heterocycles. The van der Waals surface area contributed by atoms with Gasteiger partial charge in [0.15, 0.2) is 0 Å². The van der Waals surface area contributed by atoms with Gasteiger partial charge in [0.25, 0.3) is 0 Å². The Hall–Kier alpha value is -1.61. The minimum Gasteiger partial charge on any atom is -0.481 e. The Labute approximate surface area is 101 Å². The van der Waals surface area contributed by atoms with E-state index < -0.39 is 11.9 Å². The van der Waals surface area contributed by atoms with Crippen molar-refractivity contribution in [3.8, 4) is 0 Å². The summed E-state index contributed by atoms with van der Waals surface area (Å²) in [7, 11) is 0. The molecule has 1 heterocycles. The van der Waals surface area contributed by atoms with Crippen molar-refractivity contribution >= 4 is 5.97 Å². The molecule has 0 saturated heterocycles. The number of carbonyl (C=O) groups is 1. The molecule has 1 aromatic rings. The van der Waals surface area contributed by atoms with Gasteiger partial charge in [0.05, 0.1) is 13.2 Å². The lowest BCUT2D eigenvalue weighted by atomic mass is 9.88. The SMILES string of the molecule is Cc1ccc(C(C(=O)O)C2=CCOCC2)cc1. The van der Waals surface area contributed by atoms with Gasteiger partial charge in [-0.25, -0.2) is 0 Å². The summed E-state index contributed by atoms with van der Waals surface area (Å²) in [4.78, 5) is 11.4. The summed E-state index contributed by atoms with van der Waals surface area (Å²) in [6.07, 6.45) is 2.59. The van der Waals surface area contributed by atoms with E-state index in [1.54, 1.807) is 0 Å². The molecule has 3 nitrogen and oxygen atoms in total. The zero-order chi connectivity index (χ0) is 12.3. The van der Waals surface area contributed by atoms with Crippen LogP contribution in [0.3, 0.4) is 0 Å². The van der Waals surface area contributed by atoms with E-state index in [1.807, 2.05) is 37.3 Å². The van der Waals surface area contributed by atoms with Crippen LogP contribution in [0.2, 0.25) is 0 Å². The Bertz CT molecular complexity index is 431. The highest BCUT2D eigenvalue weighted by Gasteiger charge is 2.25. The second-order valence-electron chi connectivity index (χ2n) is 4.29. The van der Waals surface area contributed by atoms with Crippen LogP contribution < -0.4 is 0 Å². The van der Waals surface area contributed by atoms with Gasteiger partial charge in [-0.05, 0) is 18.9 Å². The zero-order valence-electron chi connectivity index (χ0n) is 9.85. The van der Waals surface area contributed by atoms with Gasteiger partial charge in [-0.15, -0.1) is 0 Å². The Morgan fingerprint density at radius 3 is 2.59 bits per heavy atom. The first-order valence-corrected chi connectivity index (χ1v) is 5.74. The second-order valence-corrected chi connectivity index (χ2v) is 4.29. The zero-order valence-corrected chi connectivity index (χ0v) is 9.85. The van der Waals surface area contributed by atoms with Crippen molar-refractivity contribution in [3.05, 3.63) is 47.0 Å². The quantitative estimate of drug-likeness (QED) is 0.814. The smallest absolute Gasteiger partial charge is 0.315 e. The molecule has 0 fully saturated rings. The molecular weight excluding hydrogens is 216 g/mol. The lowest BCUT2D eigenvalue weighted by Crippen LogP contribution is -2.18. The first kappa shape index (κ1) is 11.9. The predicted octanol–water partition coefficient (Wildman–Crippen LogP) is 2.51. The van der Waals surface area contributed by atoms with Gasteiger partial charge < -0.3 is 9.84 Å². The molecule has 1 atom stereocenters. The van der Waals surface area contributed by atoms with Crippen LogP contribution in [0.1, 0.15) is 23.5 Å². The van der Waals surface area contributed by atoms with Crippen molar-refractivity contribution in [2.24, 2.45) is 0 Å². The number of rotatable bonds is 3.